The van der Waals surface area contributed by atoms with Crippen molar-refractivity contribution in [3.05, 3.63) is 56.4 Å². The zero-order chi connectivity index (χ0) is 20.4. The minimum absolute atomic E-state index is 0.122. The molecule has 2 heterocycles. The molecule has 8 heteroatoms. The van der Waals surface area contributed by atoms with Crippen molar-refractivity contribution in [3.63, 3.8) is 0 Å². The van der Waals surface area contributed by atoms with Gasteiger partial charge in [-0.2, -0.15) is 0 Å². The van der Waals surface area contributed by atoms with E-state index in [0.29, 0.717) is 28.1 Å². The van der Waals surface area contributed by atoms with E-state index in [1.807, 2.05) is 13.8 Å². The van der Waals surface area contributed by atoms with Gasteiger partial charge < -0.3 is 9.15 Å². The van der Waals surface area contributed by atoms with Crippen molar-refractivity contribution in [1.82, 2.24) is 4.98 Å². The lowest BCUT2D eigenvalue weighted by molar-refractivity contribution is 0.0463. The first-order chi connectivity index (χ1) is 13.3. The lowest BCUT2D eigenvalue weighted by atomic mass is 10.1. The molecule has 0 aliphatic heterocycles. The van der Waals surface area contributed by atoms with Gasteiger partial charge in [-0.15, -0.1) is 0 Å². The molecule has 3 rings (SSSR count). The maximum atomic E-state index is 12.5. The summed E-state index contributed by atoms with van der Waals surface area (Å²) in [4.78, 5) is 41.5. The summed E-state index contributed by atoms with van der Waals surface area (Å²) in [5.74, 6) is -0.991. The standard InChI is InChI=1S/C20H20N2O5S/c1-10(2)9-26-19(25)17-12(4)21-20(28-17)22-18(24)15-8-14(23)13-7-5-6-11(3)16(13)27-15/h5-8,10H,9H2,1-4H3,(H,21,22,24). The number of anilines is 1. The molecule has 1 amide bonds. The van der Waals surface area contributed by atoms with E-state index in [-0.39, 0.29) is 22.2 Å². The Labute approximate surface area is 165 Å². The zero-order valence-corrected chi connectivity index (χ0v) is 16.8. The highest BCUT2D eigenvalue weighted by atomic mass is 32.1. The maximum Gasteiger partial charge on any atom is 0.350 e. The van der Waals surface area contributed by atoms with E-state index < -0.39 is 11.9 Å². The van der Waals surface area contributed by atoms with Crippen molar-refractivity contribution in [2.45, 2.75) is 27.7 Å². The molecule has 0 aliphatic rings. The molecule has 28 heavy (non-hydrogen) atoms. The molecule has 0 unspecified atom stereocenters. The molecule has 7 nitrogen and oxygen atoms in total. The largest absolute Gasteiger partial charge is 0.461 e. The minimum Gasteiger partial charge on any atom is -0.461 e. The van der Waals surface area contributed by atoms with Crippen LogP contribution in [0.3, 0.4) is 0 Å². The number of aromatic nitrogens is 1. The van der Waals surface area contributed by atoms with Gasteiger partial charge in [-0.3, -0.25) is 14.9 Å². The van der Waals surface area contributed by atoms with Crippen LogP contribution in [0.4, 0.5) is 5.13 Å². The van der Waals surface area contributed by atoms with Gasteiger partial charge in [-0.1, -0.05) is 37.3 Å². The number of amides is 1. The van der Waals surface area contributed by atoms with Crippen molar-refractivity contribution in [1.29, 1.82) is 0 Å². The molecule has 0 bridgehead atoms. The number of nitrogens with zero attached hydrogens (tertiary/aromatic N) is 1. The minimum atomic E-state index is -0.613. The molecule has 0 fully saturated rings. The number of aryl methyl sites for hydroxylation is 2. The zero-order valence-electron chi connectivity index (χ0n) is 16.0. The van der Waals surface area contributed by atoms with Crippen molar-refractivity contribution in [3.8, 4) is 0 Å². The Morgan fingerprint density at radius 2 is 2.04 bits per heavy atom. The first-order valence-electron chi connectivity index (χ1n) is 8.75. The van der Waals surface area contributed by atoms with Crippen LogP contribution in [0.1, 0.15) is 45.3 Å². The molecule has 0 aliphatic carbocycles. The number of para-hydroxylation sites is 1. The highest BCUT2D eigenvalue weighted by molar-refractivity contribution is 7.17. The molecular formula is C20H20N2O5S. The van der Waals surface area contributed by atoms with Gasteiger partial charge in [0, 0.05) is 6.07 Å². The number of carbonyl (C=O) groups excluding carboxylic acids is 2. The highest BCUT2D eigenvalue weighted by Crippen LogP contribution is 2.24. The van der Waals surface area contributed by atoms with E-state index in [9.17, 15) is 14.4 Å². The lowest BCUT2D eigenvalue weighted by Crippen LogP contribution is -2.15. The van der Waals surface area contributed by atoms with Gasteiger partial charge >= 0.3 is 5.97 Å². The summed E-state index contributed by atoms with van der Waals surface area (Å²) in [6.07, 6.45) is 0. The van der Waals surface area contributed by atoms with Crippen LogP contribution >= 0.6 is 11.3 Å². The second kappa shape index (κ2) is 7.93. The van der Waals surface area contributed by atoms with Gasteiger partial charge in [0.2, 0.25) is 0 Å². The van der Waals surface area contributed by atoms with Crippen LogP contribution in [0.5, 0.6) is 0 Å². The van der Waals surface area contributed by atoms with Crippen molar-refractivity contribution < 1.29 is 18.7 Å². The Morgan fingerprint density at radius 3 is 2.75 bits per heavy atom. The van der Waals surface area contributed by atoms with Gasteiger partial charge in [0.1, 0.15) is 10.5 Å². The van der Waals surface area contributed by atoms with E-state index in [4.69, 9.17) is 9.15 Å². The van der Waals surface area contributed by atoms with Crippen molar-refractivity contribution >= 4 is 39.3 Å². The number of thiazole rings is 1. The smallest absolute Gasteiger partial charge is 0.350 e. The number of fused-ring (bicyclic) bond motifs is 1. The molecule has 2 aromatic heterocycles. The third-order valence-corrected chi connectivity index (χ3v) is 4.98. The van der Waals surface area contributed by atoms with Crippen LogP contribution in [0.2, 0.25) is 0 Å². The van der Waals surface area contributed by atoms with E-state index in [1.54, 1.807) is 32.0 Å². The fraction of sp³-hybridized carbons (Fsp3) is 0.300. The third-order valence-electron chi connectivity index (χ3n) is 3.93. The number of hydrogen-bond donors (Lipinski definition) is 1. The molecule has 146 valence electrons. The van der Waals surface area contributed by atoms with Crippen molar-refractivity contribution in [2.24, 2.45) is 5.92 Å². The molecule has 0 atom stereocenters. The van der Waals surface area contributed by atoms with Crippen molar-refractivity contribution in [2.75, 3.05) is 11.9 Å². The molecule has 0 radical (unpaired) electrons. The first-order valence-corrected chi connectivity index (χ1v) is 9.57. The second-order valence-electron chi connectivity index (χ2n) is 6.81. The summed E-state index contributed by atoms with van der Waals surface area (Å²) in [6, 6.07) is 6.35. The van der Waals surface area contributed by atoms with Crippen LogP contribution in [0, 0.1) is 19.8 Å². The summed E-state index contributed by atoms with van der Waals surface area (Å²) in [6.45, 7) is 7.65. The number of rotatable bonds is 5. The Balaban J connectivity index is 1.83. The monoisotopic (exact) mass is 400 g/mol. The van der Waals surface area contributed by atoms with E-state index in [1.165, 1.54) is 0 Å². The van der Waals surface area contributed by atoms with Gasteiger partial charge in [0.05, 0.1) is 17.7 Å². The second-order valence-corrected chi connectivity index (χ2v) is 7.81. The summed E-state index contributed by atoms with van der Waals surface area (Å²) in [7, 11) is 0. The summed E-state index contributed by atoms with van der Waals surface area (Å²) >= 11 is 1.02. The van der Waals surface area contributed by atoms with Crippen LogP contribution in [-0.2, 0) is 4.74 Å². The predicted octanol–water partition coefficient (Wildman–Crippen LogP) is 3.93. The maximum absolute atomic E-state index is 12.5. The molecule has 0 saturated carbocycles. The topological polar surface area (TPSA) is 98.5 Å². The number of hydrogen-bond acceptors (Lipinski definition) is 7. The molecule has 0 saturated heterocycles. The Hall–Kier alpha value is -3.00. The number of ether oxygens (including phenoxy) is 1. The van der Waals surface area contributed by atoms with Crippen LogP contribution in [0.25, 0.3) is 11.0 Å². The fourth-order valence-corrected chi connectivity index (χ4v) is 3.39. The molecule has 1 N–H and O–H groups in total. The van der Waals surface area contributed by atoms with E-state index in [0.717, 1.165) is 23.0 Å². The quantitative estimate of drug-likeness (QED) is 0.652. The first kappa shape index (κ1) is 19.8. The van der Waals surface area contributed by atoms with Gasteiger partial charge in [0.25, 0.3) is 5.91 Å². The molecule has 0 spiro atoms. The average Bonchev–Trinajstić information content (AvgIpc) is 3.00. The van der Waals surface area contributed by atoms with Gasteiger partial charge in [-0.05, 0) is 31.4 Å². The highest BCUT2D eigenvalue weighted by Gasteiger charge is 2.20. The number of carbonyl (C=O) groups is 2. The number of benzene rings is 1. The van der Waals surface area contributed by atoms with Crippen LogP contribution in [0.15, 0.2) is 33.5 Å². The SMILES string of the molecule is Cc1nc(NC(=O)c2cc(=O)c3cccc(C)c3o2)sc1C(=O)OCC(C)C. The molecule has 1 aromatic carbocycles. The van der Waals surface area contributed by atoms with Gasteiger partial charge in [0.15, 0.2) is 16.3 Å². The van der Waals surface area contributed by atoms with Crippen LogP contribution in [-0.4, -0.2) is 23.5 Å². The van der Waals surface area contributed by atoms with E-state index >= 15 is 0 Å². The molecule has 3 aromatic rings. The molecular weight excluding hydrogens is 380 g/mol. The third kappa shape index (κ3) is 4.12. The average molecular weight is 400 g/mol. The number of nitrogens with one attached hydrogen (secondary N) is 1. The Morgan fingerprint density at radius 1 is 1.29 bits per heavy atom. The fourth-order valence-electron chi connectivity index (χ4n) is 2.54. The Kier molecular flexibility index (Phi) is 5.60. The van der Waals surface area contributed by atoms with Crippen LogP contribution < -0.4 is 10.7 Å². The normalized spacial score (nSPS) is 11.0. The predicted molar refractivity (Wildman–Crippen MR) is 107 cm³/mol. The van der Waals surface area contributed by atoms with Gasteiger partial charge in [-0.25, -0.2) is 9.78 Å². The summed E-state index contributed by atoms with van der Waals surface area (Å²) < 4.78 is 10.8. The number of esters is 1. The van der Waals surface area contributed by atoms with E-state index in [2.05, 4.69) is 10.3 Å². The Bertz CT molecular complexity index is 1110. The summed E-state index contributed by atoms with van der Waals surface area (Å²) in [5, 5.41) is 3.22. The summed E-state index contributed by atoms with van der Waals surface area (Å²) in [5.41, 5.74) is 1.28. The lowest BCUT2D eigenvalue weighted by Gasteiger charge is -2.05.